The van der Waals surface area contributed by atoms with Gasteiger partial charge in [-0.1, -0.05) is 12.1 Å². The van der Waals surface area contributed by atoms with Crippen LogP contribution in [0.5, 0.6) is 17.2 Å². The monoisotopic (exact) mass is 288 g/mol. The van der Waals surface area contributed by atoms with Crippen molar-refractivity contribution in [3.05, 3.63) is 59.9 Å². The Morgan fingerprint density at radius 3 is 2.57 bits per heavy atom. The summed E-state index contributed by atoms with van der Waals surface area (Å²) in [5.74, 6) is -0.411. The number of hydrogen-bond acceptors (Lipinski definition) is 3. The molecule has 0 aliphatic carbocycles. The van der Waals surface area contributed by atoms with E-state index in [2.05, 4.69) is 0 Å². The molecule has 0 atom stereocenters. The standard InChI is InChI=1S/C16H13FO4/c1-20-14-4-2-3-5-15(14)21-13-9-11(6-7-16(18)19)8-12(17)10-13/h2-10H,1H3,(H,18,19)/b7-6+. The van der Waals surface area contributed by atoms with Crippen LogP contribution in [0.15, 0.2) is 48.5 Å². The van der Waals surface area contributed by atoms with Gasteiger partial charge >= 0.3 is 5.97 Å². The molecule has 5 heteroatoms. The van der Waals surface area contributed by atoms with Crippen LogP contribution in [0.25, 0.3) is 6.08 Å². The van der Waals surface area contributed by atoms with E-state index in [-0.39, 0.29) is 5.75 Å². The van der Waals surface area contributed by atoms with Gasteiger partial charge in [0.1, 0.15) is 11.6 Å². The molecule has 2 aromatic rings. The van der Waals surface area contributed by atoms with E-state index >= 15 is 0 Å². The Bertz CT molecular complexity index is 680. The summed E-state index contributed by atoms with van der Waals surface area (Å²) in [6.07, 6.45) is 2.22. The molecule has 0 radical (unpaired) electrons. The van der Waals surface area contributed by atoms with Crippen molar-refractivity contribution < 1.29 is 23.8 Å². The van der Waals surface area contributed by atoms with Crippen LogP contribution < -0.4 is 9.47 Å². The molecule has 0 saturated heterocycles. The Morgan fingerprint density at radius 1 is 1.19 bits per heavy atom. The van der Waals surface area contributed by atoms with Gasteiger partial charge in [-0.15, -0.1) is 0 Å². The summed E-state index contributed by atoms with van der Waals surface area (Å²) in [5.41, 5.74) is 0.391. The normalized spacial score (nSPS) is 10.6. The smallest absolute Gasteiger partial charge is 0.328 e. The van der Waals surface area contributed by atoms with Gasteiger partial charge in [0.25, 0.3) is 0 Å². The maximum atomic E-state index is 13.5. The lowest BCUT2D eigenvalue weighted by Crippen LogP contribution is -1.91. The van der Waals surface area contributed by atoms with Gasteiger partial charge in [0.2, 0.25) is 0 Å². The quantitative estimate of drug-likeness (QED) is 0.852. The number of methoxy groups -OCH3 is 1. The van der Waals surface area contributed by atoms with E-state index in [0.717, 1.165) is 6.08 Å². The zero-order valence-corrected chi connectivity index (χ0v) is 11.2. The van der Waals surface area contributed by atoms with Crippen LogP contribution in [-0.4, -0.2) is 18.2 Å². The Balaban J connectivity index is 2.30. The lowest BCUT2D eigenvalue weighted by Gasteiger charge is -2.10. The van der Waals surface area contributed by atoms with E-state index in [0.29, 0.717) is 17.1 Å². The molecule has 0 spiro atoms. The van der Waals surface area contributed by atoms with Gasteiger partial charge in [0, 0.05) is 12.1 Å². The molecule has 2 rings (SSSR count). The minimum Gasteiger partial charge on any atom is -0.493 e. The van der Waals surface area contributed by atoms with Crippen molar-refractivity contribution in [1.29, 1.82) is 0 Å². The molecule has 0 unspecified atom stereocenters. The molecule has 21 heavy (non-hydrogen) atoms. The molecular formula is C16H13FO4. The number of para-hydroxylation sites is 2. The van der Waals surface area contributed by atoms with Gasteiger partial charge in [0.15, 0.2) is 11.5 Å². The van der Waals surface area contributed by atoms with E-state index in [9.17, 15) is 9.18 Å². The predicted octanol–water partition coefficient (Wildman–Crippen LogP) is 3.72. The van der Waals surface area contributed by atoms with Crippen LogP contribution in [-0.2, 0) is 4.79 Å². The first kappa shape index (κ1) is 14.6. The minimum absolute atomic E-state index is 0.254. The molecule has 0 heterocycles. The van der Waals surface area contributed by atoms with Crippen LogP contribution in [0, 0.1) is 5.82 Å². The van der Waals surface area contributed by atoms with Crippen LogP contribution in [0.1, 0.15) is 5.56 Å². The number of aliphatic carboxylic acids is 1. The molecule has 0 aliphatic rings. The van der Waals surface area contributed by atoms with Crippen LogP contribution in [0.4, 0.5) is 4.39 Å². The third-order valence-corrected chi connectivity index (χ3v) is 2.61. The van der Waals surface area contributed by atoms with Crippen LogP contribution >= 0.6 is 0 Å². The molecule has 0 aromatic heterocycles. The van der Waals surface area contributed by atoms with Gasteiger partial charge < -0.3 is 14.6 Å². The maximum Gasteiger partial charge on any atom is 0.328 e. The van der Waals surface area contributed by atoms with Gasteiger partial charge in [-0.05, 0) is 35.9 Å². The average molecular weight is 288 g/mol. The first-order valence-corrected chi connectivity index (χ1v) is 6.11. The summed E-state index contributed by atoms with van der Waals surface area (Å²) in [6.45, 7) is 0. The molecule has 2 aromatic carbocycles. The number of carboxylic acid groups (broad SMARTS) is 1. The first-order valence-electron chi connectivity index (χ1n) is 6.11. The third-order valence-electron chi connectivity index (χ3n) is 2.61. The molecule has 4 nitrogen and oxygen atoms in total. The fourth-order valence-electron chi connectivity index (χ4n) is 1.74. The van der Waals surface area contributed by atoms with Gasteiger partial charge in [-0.25, -0.2) is 9.18 Å². The summed E-state index contributed by atoms with van der Waals surface area (Å²) < 4.78 is 24.3. The highest BCUT2D eigenvalue weighted by molar-refractivity contribution is 5.85. The summed E-state index contributed by atoms with van der Waals surface area (Å²) in [6, 6.07) is 10.9. The van der Waals surface area contributed by atoms with Crippen LogP contribution in [0.3, 0.4) is 0 Å². The maximum absolute atomic E-state index is 13.5. The second-order valence-electron chi connectivity index (χ2n) is 4.14. The molecule has 108 valence electrons. The number of benzene rings is 2. The van der Waals surface area contributed by atoms with Crippen molar-refractivity contribution in [2.75, 3.05) is 7.11 Å². The predicted molar refractivity (Wildman–Crippen MR) is 76.1 cm³/mol. The van der Waals surface area contributed by atoms with Crippen molar-refractivity contribution in [3.8, 4) is 17.2 Å². The lowest BCUT2D eigenvalue weighted by atomic mass is 10.2. The number of halogens is 1. The molecule has 0 saturated carbocycles. The van der Waals surface area contributed by atoms with E-state index in [1.807, 2.05) is 0 Å². The topological polar surface area (TPSA) is 55.8 Å². The fourth-order valence-corrected chi connectivity index (χ4v) is 1.74. The average Bonchev–Trinajstić information content (AvgIpc) is 2.45. The second kappa shape index (κ2) is 6.56. The van der Waals surface area contributed by atoms with E-state index in [1.165, 1.54) is 31.4 Å². The Labute approximate surface area is 121 Å². The van der Waals surface area contributed by atoms with Crippen molar-refractivity contribution in [2.45, 2.75) is 0 Å². The Morgan fingerprint density at radius 2 is 1.90 bits per heavy atom. The number of rotatable bonds is 5. The highest BCUT2D eigenvalue weighted by Gasteiger charge is 2.06. The van der Waals surface area contributed by atoms with Crippen molar-refractivity contribution in [3.63, 3.8) is 0 Å². The molecular weight excluding hydrogens is 275 g/mol. The van der Waals surface area contributed by atoms with Gasteiger partial charge in [0.05, 0.1) is 7.11 Å². The third kappa shape index (κ3) is 4.07. The highest BCUT2D eigenvalue weighted by atomic mass is 19.1. The molecule has 0 bridgehead atoms. The second-order valence-corrected chi connectivity index (χ2v) is 4.14. The Kier molecular flexibility index (Phi) is 4.56. The van der Waals surface area contributed by atoms with E-state index < -0.39 is 11.8 Å². The van der Waals surface area contributed by atoms with Crippen LogP contribution in [0.2, 0.25) is 0 Å². The molecule has 0 fully saturated rings. The lowest BCUT2D eigenvalue weighted by molar-refractivity contribution is -0.131. The first-order chi connectivity index (χ1) is 10.1. The summed E-state index contributed by atoms with van der Waals surface area (Å²) in [4.78, 5) is 10.5. The van der Waals surface area contributed by atoms with Gasteiger partial charge in [-0.2, -0.15) is 0 Å². The molecule has 1 N–H and O–H groups in total. The van der Waals surface area contributed by atoms with Crippen molar-refractivity contribution in [1.82, 2.24) is 0 Å². The fraction of sp³-hybridized carbons (Fsp3) is 0.0625. The summed E-state index contributed by atoms with van der Waals surface area (Å²) in [7, 11) is 1.51. The van der Waals surface area contributed by atoms with Crippen molar-refractivity contribution in [2.24, 2.45) is 0 Å². The minimum atomic E-state index is -1.11. The largest absolute Gasteiger partial charge is 0.493 e. The highest BCUT2D eigenvalue weighted by Crippen LogP contribution is 2.31. The number of carbonyl (C=O) groups is 1. The van der Waals surface area contributed by atoms with Crippen molar-refractivity contribution >= 4 is 12.0 Å². The zero-order chi connectivity index (χ0) is 15.2. The van der Waals surface area contributed by atoms with Gasteiger partial charge in [-0.3, -0.25) is 0 Å². The summed E-state index contributed by atoms with van der Waals surface area (Å²) in [5, 5.41) is 8.59. The number of carboxylic acids is 1. The summed E-state index contributed by atoms with van der Waals surface area (Å²) >= 11 is 0. The number of ether oxygens (including phenoxy) is 2. The zero-order valence-electron chi connectivity index (χ0n) is 11.2. The van der Waals surface area contributed by atoms with E-state index in [1.54, 1.807) is 24.3 Å². The Hall–Kier alpha value is -2.82. The number of hydrogen-bond donors (Lipinski definition) is 1. The SMILES string of the molecule is COc1ccccc1Oc1cc(F)cc(/C=C/C(=O)O)c1. The molecule has 0 amide bonds. The van der Waals surface area contributed by atoms with E-state index in [4.69, 9.17) is 14.6 Å². The molecule has 0 aliphatic heterocycles.